The average molecular weight is 273 g/mol. The Bertz CT molecular complexity index is 468. The highest BCUT2D eigenvalue weighted by Crippen LogP contribution is 2.37. The molecule has 0 fully saturated rings. The first-order valence-corrected chi connectivity index (χ1v) is 4.26. The van der Waals surface area contributed by atoms with Gasteiger partial charge in [-0.3, -0.25) is 0 Å². The number of alkyl halides is 5. The Kier molecular flexibility index (Phi) is 3.72. The van der Waals surface area contributed by atoms with Crippen LogP contribution in [-0.2, 0) is 0 Å². The van der Waals surface area contributed by atoms with Crippen molar-refractivity contribution in [3.05, 3.63) is 22.5 Å². The lowest BCUT2D eigenvalue weighted by Gasteiger charge is -2.14. The maximum Gasteiger partial charge on any atom is 0.573 e. The van der Waals surface area contributed by atoms with Gasteiger partial charge in [0.25, 0.3) is 6.43 Å². The molecule has 0 radical (unpaired) electrons. The summed E-state index contributed by atoms with van der Waals surface area (Å²) in [4.78, 5) is 3.18. The van der Waals surface area contributed by atoms with E-state index in [1.165, 1.54) is 6.07 Å². The van der Waals surface area contributed by atoms with E-state index in [9.17, 15) is 22.0 Å². The lowest BCUT2D eigenvalue weighted by Crippen LogP contribution is -2.19. The topological polar surface area (TPSA) is 45.9 Å². The lowest BCUT2D eigenvalue weighted by atomic mass is 10.2. The zero-order valence-corrected chi connectivity index (χ0v) is 8.48. The average Bonchev–Trinajstić information content (AvgIpc) is 2.15. The van der Waals surface area contributed by atoms with Crippen molar-refractivity contribution in [1.29, 1.82) is 5.26 Å². The summed E-state index contributed by atoms with van der Waals surface area (Å²) in [5.74, 6) is -1.32. The van der Waals surface area contributed by atoms with Gasteiger partial charge in [0.1, 0.15) is 11.6 Å². The molecular weight excluding hydrogens is 271 g/mol. The van der Waals surface area contributed by atoms with Gasteiger partial charge in [-0.15, -0.1) is 13.2 Å². The molecule has 1 aromatic rings. The fraction of sp³-hybridized carbons (Fsp3) is 0.250. The number of ether oxygens (including phenoxy) is 1. The second kappa shape index (κ2) is 4.71. The number of halogens is 6. The minimum absolute atomic E-state index is 0.426. The first kappa shape index (κ1) is 13.4. The van der Waals surface area contributed by atoms with E-state index in [1.54, 1.807) is 0 Å². The van der Waals surface area contributed by atoms with Crippen molar-refractivity contribution in [2.45, 2.75) is 12.8 Å². The zero-order valence-electron chi connectivity index (χ0n) is 7.73. The third-order valence-electron chi connectivity index (χ3n) is 1.58. The molecule has 3 nitrogen and oxygen atoms in total. The van der Waals surface area contributed by atoms with Crippen LogP contribution in [0.15, 0.2) is 6.20 Å². The smallest absolute Gasteiger partial charge is 0.404 e. The van der Waals surface area contributed by atoms with Crippen LogP contribution in [0, 0.1) is 11.3 Å². The maximum absolute atomic E-state index is 12.4. The van der Waals surface area contributed by atoms with E-state index in [1.807, 2.05) is 0 Å². The second-order valence-electron chi connectivity index (χ2n) is 2.67. The van der Waals surface area contributed by atoms with Crippen molar-refractivity contribution in [2.24, 2.45) is 0 Å². The van der Waals surface area contributed by atoms with Gasteiger partial charge in [-0.25, -0.2) is 13.8 Å². The van der Waals surface area contributed by atoms with E-state index in [-0.39, 0.29) is 0 Å². The number of aromatic nitrogens is 1. The molecule has 1 rings (SSSR count). The first-order chi connectivity index (χ1) is 7.76. The molecule has 0 saturated carbocycles. The van der Waals surface area contributed by atoms with E-state index < -0.39 is 34.8 Å². The normalized spacial score (nSPS) is 11.4. The van der Waals surface area contributed by atoms with Crippen molar-refractivity contribution >= 4 is 11.6 Å². The van der Waals surface area contributed by atoms with Gasteiger partial charge in [-0.2, -0.15) is 5.26 Å². The SMILES string of the molecule is N#Cc1c(Cl)ncc(C(F)F)c1OC(F)(F)F. The summed E-state index contributed by atoms with van der Waals surface area (Å²) >= 11 is 5.31. The summed E-state index contributed by atoms with van der Waals surface area (Å²) < 4.78 is 64.2. The van der Waals surface area contributed by atoms with Crippen LogP contribution in [0.25, 0.3) is 0 Å². The number of nitriles is 1. The number of pyridine rings is 1. The summed E-state index contributed by atoms with van der Waals surface area (Å²) in [7, 11) is 0. The third-order valence-corrected chi connectivity index (χ3v) is 1.86. The first-order valence-electron chi connectivity index (χ1n) is 3.88. The molecule has 0 atom stereocenters. The molecule has 92 valence electrons. The van der Waals surface area contributed by atoms with E-state index in [0.717, 1.165) is 0 Å². The monoisotopic (exact) mass is 272 g/mol. The Morgan fingerprint density at radius 2 is 2.00 bits per heavy atom. The van der Waals surface area contributed by atoms with Gasteiger partial charge in [0, 0.05) is 6.20 Å². The zero-order chi connectivity index (χ0) is 13.2. The highest BCUT2D eigenvalue weighted by atomic mass is 35.5. The van der Waals surface area contributed by atoms with Gasteiger partial charge in [0.2, 0.25) is 0 Å². The van der Waals surface area contributed by atoms with Crippen LogP contribution < -0.4 is 4.74 Å². The van der Waals surface area contributed by atoms with Crippen molar-refractivity contribution in [3.63, 3.8) is 0 Å². The van der Waals surface area contributed by atoms with Crippen molar-refractivity contribution in [3.8, 4) is 11.8 Å². The summed E-state index contributed by atoms with van der Waals surface area (Å²) in [6, 6.07) is 1.23. The second-order valence-corrected chi connectivity index (χ2v) is 3.03. The predicted octanol–water partition coefficient (Wildman–Crippen LogP) is 3.44. The Hall–Kier alpha value is -1.62. The Labute approximate surface area is 96.4 Å². The van der Waals surface area contributed by atoms with Gasteiger partial charge in [-0.05, 0) is 0 Å². The molecule has 0 unspecified atom stereocenters. The molecule has 0 bridgehead atoms. The number of nitrogens with zero attached hydrogens (tertiary/aromatic N) is 2. The quantitative estimate of drug-likeness (QED) is 0.612. The van der Waals surface area contributed by atoms with Gasteiger partial charge in [0.05, 0.1) is 5.56 Å². The van der Waals surface area contributed by atoms with Crippen molar-refractivity contribution in [2.75, 3.05) is 0 Å². The molecule has 17 heavy (non-hydrogen) atoms. The van der Waals surface area contributed by atoms with E-state index in [2.05, 4.69) is 9.72 Å². The number of hydrogen-bond acceptors (Lipinski definition) is 3. The summed E-state index contributed by atoms with van der Waals surface area (Å²) in [6.07, 6.45) is -8.06. The molecule has 0 spiro atoms. The molecule has 0 aliphatic carbocycles. The van der Waals surface area contributed by atoms with Crippen molar-refractivity contribution < 1.29 is 26.7 Å². The molecule has 0 N–H and O–H groups in total. The summed E-state index contributed by atoms with van der Waals surface area (Å²) in [6.45, 7) is 0. The minimum atomic E-state index is -5.21. The van der Waals surface area contributed by atoms with E-state index in [0.29, 0.717) is 6.20 Å². The van der Waals surface area contributed by atoms with Crippen LogP contribution >= 0.6 is 11.6 Å². The lowest BCUT2D eigenvalue weighted by molar-refractivity contribution is -0.275. The predicted molar refractivity (Wildman–Crippen MR) is 45.6 cm³/mol. The summed E-state index contributed by atoms with van der Waals surface area (Å²) in [5, 5.41) is 7.89. The maximum atomic E-state index is 12.4. The Balaban J connectivity index is 3.41. The van der Waals surface area contributed by atoms with Gasteiger partial charge in [-0.1, -0.05) is 11.6 Å². The molecular formula is C8H2ClF5N2O. The molecule has 1 heterocycles. The van der Waals surface area contributed by atoms with Crippen LogP contribution in [0.1, 0.15) is 17.6 Å². The minimum Gasteiger partial charge on any atom is -0.404 e. The Morgan fingerprint density at radius 3 is 2.41 bits per heavy atom. The van der Waals surface area contributed by atoms with Gasteiger partial charge >= 0.3 is 6.36 Å². The number of rotatable bonds is 2. The van der Waals surface area contributed by atoms with Gasteiger partial charge in [0.15, 0.2) is 10.9 Å². The summed E-state index contributed by atoms with van der Waals surface area (Å²) in [5.41, 5.74) is -2.04. The largest absolute Gasteiger partial charge is 0.573 e. The fourth-order valence-corrected chi connectivity index (χ4v) is 1.14. The van der Waals surface area contributed by atoms with Gasteiger partial charge < -0.3 is 4.74 Å². The van der Waals surface area contributed by atoms with E-state index in [4.69, 9.17) is 16.9 Å². The van der Waals surface area contributed by atoms with Crippen LogP contribution in [-0.4, -0.2) is 11.3 Å². The fourth-order valence-electron chi connectivity index (χ4n) is 0.965. The van der Waals surface area contributed by atoms with Crippen LogP contribution in [0.3, 0.4) is 0 Å². The highest BCUT2D eigenvalue weighted by molar-refractivity contribution is 6.30. The molecule has 9 heteroatoms. The van der Waals surface area contributed by atoms with Crippen LogP contribution in [0.4, 0.5) is 22.0 Å². The van der Waals surface area contributed by atoms with Crippen molar-refractivity contribution in [1.82, 2.24) is 4.98 Å². The standard InChI is InChI=1S/C8H2ClF5N2O/c9-6-3(1-15)5(17-8(12,13)14)4(2-16-6)7(10)11/h2,7H. The molecule has 0 amide bonds. The molecule has 1 aromatic heterocycles. The molecule has 0 aliphatic rings. The molecule has 0 aromatic carbocycles. The number of hydrogen-bond donors (Lipinski definition) is 0. The Morgan fingerprint density at radius 1 is 1.41 bits per heavy atom. The third kappa shape index (κ3) is 3.17. The van der Waals surface area contributed by atoms with E-state index >= 15 is 0 Å². The highest BCUT2D eigenvalue weighted by Gasteiger charge is 2.35. The molecule has 0 saturated heterocycles. The van der Waals surface area contributed by atoms with Crippen LogP contribution in [0.2, 0.25) is 5.15 Å². The van der Waals surface area contributed by atoms with Crippen LogP contribution in [0.5, 0.6) is 5.75 Å². The molecule has 0 aliphatic heterocycles.